The number of nitrogens with zero attached hydrogens (tertiary/aromatic N) is 1. The van der Waals surface area contributed by atoms with E-state index in [4.69, 9.17) is 5.11 Å². The van der Waals surface area contributed by atoms with Crippen molar-refractivity contribution in [3.63, 3.8) is 0 Å². The molecule has 3 N–H and O–H groups in total. The summed E-state index contributed by atoms with van der Waals surface area (Å²) in [6.45, 7) is 0.191. The van der Waals surface area contributed by atoms with Crippen LogP contribution in [0.25, 0.3) is 0 Å². The average Bonchev–Trinajstić information content (AvgIpc) is 2.29. The van der Waals surface area contributed by atoms with Crippen molar-refractivity contribution in [1.29, 1.82) is 0 Å². The number of hydrogen-bond donors (Lipinski definition) is 3. The number of piperazine rings is 1. The van der Waals surface area contributed by atoms with Crippen LogP contribution in [0.3, 0.4) is 0 Å². The second kappa shape index (κ2) is 5.01. The fourth-order valence-electron chi connectivity index (χ4n) is 2.72. The highest BCUT2D eigenvalue weighted by atomic mass is 16.4. The summed E-state index contributed by atoms with van der Waals surface area (Å²) in [6, 6.07) is -0.915. The number of rotatable bonds is 2. The molecule has 2 fully saturated rings. The average molecular weight is 242 g/mol. The molecule has 2 rings (SSSR count). The van der Waals surface area contributed by atoms with E-state index in [2.05, 4.69) is 5.32 Å². The largest absolute Gasteiger partial charge is 0.480 e. The molecule has 0 radical (unpaired) electrons. The molecule has 0 aromatic heterocycles. The third kappa shape index (κ3) is 2.58. The predicted molar refractivity (Wildman–Crippen MR) is 59.4 cm³/mol. The molecule has 6 nitrogen and oxygen atoms in total. The lowest BCUT2D eigenvalue weighted by Gasteiger charge is -2.42. The van der Waals surface area contributed by atoms with Gasteiger partial charge >= 0.3 is 5.97 Å². The van der Waals surface area contributed by atoms with Crippen LogP contribution < -0.4 is 5.32 Å². The predicted octanol–water partition coefficient (Wildman–Crippen LogP) is -0.825. The molecule has 6 heteroatoms. The van der Waals surface area contributed by atoms with Crippen LogP contribution in [-0.4, -0.2) is 58.3 Å². The molecule has 1 amide bonds. The molecule has 17 heavy (non-hydrogen) atoms. The number of hydrogen-bond acceptors (Lipinski definition) is 4. The van der Waals surface area contributed by atoms with E-state index in [1.165, 1.54) is 0 Å². The molecule has 1 heterocycles. The minimum atomic E-state index is -0.942. The topological polar surface area (TPSA) is 89.9 Å². The Bertz CT molecular complexity index is 321. The molecule has 1 aliphatic carbocycles. The number of carboxylic acids is 1. The van der Waals surface area contributed by atoms with E-state index in [1.54, 1.807) is 4.90 Å². The van der Waals surface area contributed by atoms with Crippen molar-refractivity contribution in [3.05, 3.63) is 0 Å². The number of carbonyl (C=O) groups excluding carboxylic acids is 1. The maximum Gasteiger partial charge on any atom is 0.322 e. The number of aliphatic carboxylic acids is 1. The van der Waals surface area contributed by atoms with Gasteiger partial charge in [-0.15, -0.1) is 0 Å². The molecule has 1 aliphatic heterocycles. The van der Waals surface area contributed by atoms with Gasteiger partial charge < -0.3 is 15.5 Å². The standard InChI is InChI=1S/C11H18N2O4/c14-9-4-2-1-3-7(9)13-6-10(15)12-5-8(13)11(16)17/h7-9,14H,1-6H2,(H,12,15)(H,16,17). The molecule has 0 bridgehead atoms. The molecule has 0 spiro atoms. The molecule has 3 atom stereocenters. The van der Waals surface area contributed by atoms with Crippen molar-refractivity contribution in [2.24, 2.45) is 0 Å². The van der Waals surface area contributed by atoms with Crippen LogP contribution in [0.15, 0.2) is 0 Å². The van der Waals surface area contributed by atoms with Gasteiger partial charge in [0.1, 0.15) is 6.04 Å². The normalized spacial score (nSPS) is 35.4. The Labute approximate surface area is 99.6 Å². The summed E-state index contributed by atoms with van der Waals surface area (Å²) >= 11 is 0. The van der Waals surface area contributed by atoms with Gasteiger partial charge in [-0.05, 0) is 12.8 Å². The summed E-state index contributed by atoms with van der Waals surface area (Å²) in [7, 11) is 0. The Morgan fingerprint density at radius 1 is 1.35 bits per heavy atom. The SMILES string of the molecule is O=C1CN(C2CCCCC2O)C(C(=O)O)CN1. The van der Waals surface area contributed by atoms with Gasteiger partial charge in [-0.2, -0.15) is 0 Å². The first-order valence-corrected chi connectivity index (χ1v) is 6.03. The van der Waals surface area contributed by atoms with Gasteiger partial charge in [0.2, 0.25) is 5.91 Å². The molecular formula is C11H18N2O4. The lowest BCUT2D eigenvalue weighted by molar-refractivity contribution is -0.149. The number of nitrogens with one attached hydrogen (secondary N) is 1. The van der Waals surface area contributed by atoms with Gasteiger partial charge in [0, 0.05) is 12.6 Å². The Morgan fingerprint density at radius 2 is 2.06 bits per heavy atom. The van der Waals surface area contributed by atoms with Crippen molar-refractivity contribution in [3.8, 4) is 0 Å². The fraction of sp³-hybridized carbons (Fsp3) is 0.818. The second-order valence-electron chi connectivity index (χ2n) is 4.75. The van der Waals surface area contributed by atoms with Gasteiger partial charge in [0.05, 0.1) is 12.6 Å². The number of aliphatic hydroxyl groups is 1. The summed E-state index contributed by atoms with van der Waals surface area (Å²) in [6.07, 6.45) is 2.88. The molecule has 1 saturated carbocycles. The smallest absolute Gasteiger partial charge is 0.322 e. The third-order valence-corrected chi connectivity index (χ3v) is 3.62. The van der Waals surface area contributed by atoms with E-state index in [-0.39, 0.29) is 25.0 Å². The van der Waals surface area contributed by atoms with Crippen LogP contribution in [0, 0.1) is 0 Å². The van der Waals surface area contributed by atoms with Crippen LogP contribution in [0.2, 0.25) is 0 Å². The van der Waals surface area contributed by atoms with Crippen molar-refractivity contribution in [2.45, 2.75) is 43.9 Å². The Kier molecular flexibility index (Phi) is 3.63. The zero-order chi connectivity index (χ0) is 12.4. The van der Waals surface area contributed by atoms with E-state index in [1.807, 2.05) is 0 Å². The van der Waals surface area contributed by atoms with E-state index >= 15 is 0 Å². The Balaban J connectivity index is 2.13. The molecule has 2 aliphatic rings. The van der Waals surface area contributed by atoms with Crippen molar-refractivity contribution in [1.82, 2.24) is 10.2 Å². The summed E-state index contributed by atoms with van der Waals surface area (Å²) in [5, 5.41) is 21.6. The van der Waals surface area contributed by atoms with Crippen LogP contribution >= 0.6 is 0 Å². The van der Waals surface area contributed by atoms with E-state index in [0.29, 0.717) is 6.42 Å². The van der Waals surface area contributed by atoms with Gasteiger partial charge in [-0.3, -0.25) is 14.5 Å². The summed E-state index contributed by atoms with van der Waals surface area (Å²) in [5.41, 5.74) is 0. The monoisotopic (exact) mass is 242 g/mol. The van der Waals surface area contributed by atoms with Crippen LogP contribution in [0.5, 0.6) is 0 Å². The number of carboxylic acid groups (broad SMARTS) is 1. The van der Waals surface area contributed by atoms with Crippen molar-refractivity contribution >= 4 is 11.9 Å². The Morgan fingerprint density at radius 3 is 2.71 bits per heavy atom. The van der Waals surface area contributed by atoms with Gasteiger partial charge in [0.25, 0.3) is 0 Å². The highest BCUT2D eigenvalue weighted by Gasteiger charge is 2.39. The van der Waals surface area contributed by atoms with Gasteiger partial charge in [0.15, 0.2) is 0 Å². The molecule has 0 aromatic carbocycles. The van der Waals surface area contributed by atoms with Crippen molar-refractivity contribution in [2.75, 3.05) is 13.1 Å². The van der Waals surface area contributed by atoms with E-state index < -0.39 is 18.1 Å². The lowest BCUT2D eigenvalue weighted by Crippen LogP contribution is -2.63. The van der Waals surface area contributed by atoms with Gasteiger partial charge in [-0.25, -0.2) is 0 Å². The highest BCUT2D eigenvalue weighted by molar-refractivity contribution is 5.83. The van der Waals surface area contributed by atoms with E-state index in [0.717, 1.165) is 19.3 Å². The minimum Gasteiger partial charge on any atom is -0.480 e. The quantitative estimate of drug-likeness (QED) is 0.588. The highest BCUT2D eigenvalue weighted by Crippen LogP contribution is 2.25. The number of aliphatic hydroxyl groups excluding tert-OH is 1. The maximum atomic E-state index is 11.4. The van der Waals surface area contributed by atoms with Crippen LogP contribution in [0.4, 0.5) is 0 Å². The van der Waals surface area contributed by atoms with Gasteiger partial charge in [-0.1, -0.05) is 12.8 Å². The number of carbonyl (C=O) groups is 2. The Hall–Kier alpha value is -1.14. The second-order valence-corrected chi connectivity index (χ2v) is 4.75. The molecular weight excluding hydrogens is 224 g/mol. The maximum absolute atomic E-state index is 11.4. The lowest BCUT2D eigenvalue weighted by atomic mass is 9.90. The molecule has 0 aromatic rings. The van der Waals surface area contributed by atoms with Crippen molar-refractivity contribution < 1.29 is 19.8 Å². The zero-order valence-corrected chi connectivity index (χ0v) is 9.63. The summed E-state index contributed by atoms with van der Waals surface area (Å²) in [5.74, 6) is -1.11. The number of amides is 1. The molecule has 96 valence electrons. The molecule has 1 saturated heterocycles. The van der Waals surface area contributed by atoms with E-state index in [9.17, 15) is 14.7 Å². The first-order valence-electron chi connectivity index (χ1n) is 6.03. The van der Waals surface area contributed by atoms with Crippen LogP contribution in [0.1, 0.15) is 25.7 Å². The summed E-state index contributed by atoms with van der Waals surface area (Å²) < 4.78 is 0. The fourth-order valence-corrected chi connectivity index (χ4v) is 2.72. The zero-order valence-electron chi connectivity index (χ0n) is 9.63. The third-order valence-electron chi connectivity index (χ3n) is 3.62. The minimum absolute atomic E-state index is 0.0681. The van der Waals surface area contributed by atoms with Crippen LogP contribution in [-0.2, 0) is 9.59 Å². The first kappa shape index (κ1) is 12.3. The first-order chi connectivity index (χ1) is 8.09. The summed E-state index contributed by atoms with van der Waals surface area (Å²) in [4.78, 5) is 24.2. The molecule has 3 unspecified atom stereocenters.